The standard InChI is InChI=1S/C15H28O4S/c1-5-12-7-6-8-15(11-12,13(16)17)9-10-20(18,19)14(2,3)4/h12H,5-11H2,1-4H3,(H,16,17). The SMILES string of the molecule is CCC1CCCC(CCS(=O)(=O)C(C)(C)C)(C(=O)O)C1. The molecule has 20 heavy (non-hydrogen) atoms. The molecule has 5 heteroatoms. The van der Waals surface area contributed by atoms with Crippen molar-refractivity contribution in [3.05, 3.63) is 0 Å². The molecule has 2 atom stereocenters. The number of carboxylic acids is 1. The van der Waals surface area contributed by atoms with Crippen LogP contribution in [0.1, 0.15) is 66.2 Å². The van der Waals surface area contributed by atoms with Crippen molar-refractivity contribution in [2.45, 2.75) is 71.0 Å². The summed E-state index contributed by atoms with van der Waals surface area (Å²) in [5, 5.41) is 9.61. The molecule has 0 bridgehead atoms. The van der Waals surface area contributed by atoms with E-state index in [1.165, 1.54) is 0 Å². The third-order valence-electron chi connectivity index (χ3n) is 4.76. The molecule has 118 valence electrons. The summed E-state index contributed by atoms with van der Waals surface area (Å²) in [6.45, 7) is 7.09. The number of aliphatic carboxylic acids is 1. The zero-order valence-electron chi connectivity index (χ0n) is 13.1. The van der Waals surface area contributed by atoms with Crippen molar-refractivity contribution >= 4 is 15.8 Å². The lowest BCUT2D eigenvalue weighted by molar-refractivity contribution is -0.152. The molecular formula is C15H28O4S. The van der Waals surface area contributed by atoms with Crippen LogP contribution in [0.2, 0.25) is 0 Å². The van der Waals surface area contributed by atoms with Gasteiger partial charge in [0.1, 0.15) is 0 Å². The van der Waals surface area contributed by atoms with Crippen LogP contribution in [-0.2, 0) is 14.6 Å². The first-order valence-electron chi connectivity index (χ1n) is 7.50. The van der Waals surface area contributed by atoms with E-state index < -0.39 is 26.0 Å². The lowest BCUT2D eigenvalue weighted by atomic mass is 9.67. The Morgan fingerprint density at radius 3 is 2.40 bits per heavy atom. The van der Waals surface area contributed by atoms with Gasteiger partial charge in [-0.15, -0.1) is 0 Å². The molecule has 0 radical (unpaired) electrons. The Labute approximate surface area is 122 Å². The van der Waals surface area contributed by atoms with Gasteiger partial charge in [-0.05, 0) is 46.0 Å². The molecule has 2 unspecified atom stereocenters. The second-order valence-electron chi connectivity index (χ2n) is 7.14. The van der Waals surface area contributed by atoms with Crippen LogP contribution in [-0.4, -0.2) is 30.0 Å². The maximum absolute atomic E-state index is 12.2. The summed E-state index contributed by atoms with van der Waals surface area (Å²) in [5.74, 6) is -0.434. The van der Waals surface area contributed by atoms with E-state index in [2.05, 4.69) is 6.92 Å². The first kappa shape index (κ1) is 17.5. The van der Waals surface area contributed by atoms with E-state index in [0.29, 0.717) is 18.8 Å². The van der Waals surface area contributed by atoms with Crippen LogP contribution in [0.4, 0.5) is 0 Å². The smallest absolute Gasteiger partial charge is 0.309 e. The predicted octanol–water partition coefficient (Wildman–Crippen LogP) is 3.26. The van der Waals surface area contributed by atoms with Gasteiger partial charge in [0.25, 0.3) is 0 Å². The highest BCUT2D eigenvalue weighted by Crippen LogP contribution is 2.44. The minimum Gasteiger partial charge on any atom is -0.481 e. The molecule has 4 nitrogen and oxygen atoms in total. The van der Waals surface area contributed by atoms with Crippen molar-refractivity contribution < 1.29 is 18.3 Å². The third-order valence-corrected chi connectivity index (χ3v) is 7.37. The zero-order chi connectivity index (χ0) is 15.6. The predicted molar refractivity (Wildman–Crippen MR) is 80.5 cm³/mol. The highest BCUT2D eigenvalue weighted by atomic mass is 32.2. The van der Waals surface area contributed by atoms with Crippen LogP contribution >= 0.6 is 0 Å². The molecule has 0 aromatic heterocycles. The van der Waals surface area contributed by atoms with E-state index in [0.717, 1.165) is 19.3 Å². The molecule has 1 aliphatic carbocycles. The molecule has 1 aliphatic rings. The molecule has 1 saturated carbocycles. The number of hydrogen-bond donors (Lipinski definition) is 1. The maximum Gasteiger partial charge on any atom is 0.309 e. The van der Waals surface area contributed by atoms with E-state index in [1.54, 1.807) is 20.8 Å². The van der Waals surface area contributed by atoms with Crippen molar-refractivity contribution in [1.82, 2.24) is 0 Å². The van der Waals surface area contributed by atoms with Gasteiger partial charge in [0.05, 0.1) is 15.9 Å². The van der Waals surface area contributed by atoms with Crippen molar-refractivity contribution in [2.75, 3.05) is 5.75 Å². The Balaban J connectivity index is 2.87. The first-order valence-corrected chi connectivity index (χ1v) is 9.15. The van der Waals surface area contributed by atoms with Crippen molar-refractivity contribution in [3.63, 3.8) is 0 Å². The summed E-state index contributed by atoms with van der Waals surface area (Å²) in [6, 6.07) is 0. The fourth-order valence-electron chi connectivity index (χ4n) is 3.00. The van der Waals surface area contributed by atoms with Crippen LogP contribution in [0.3, 0.4) is 0 Å². The minimum atomic E-state index is -3.26. The third kappa shape index (κ3) is 3.74. The molecule has 1 fully saturated rings. The van der Waals surface area contributed by atoms with Gasteiger partial charge < -0.3 is 5.11 Å². The van der Waals surface area contributed by atoms with Crippen LogP contribution in [0, 0.1) is 11.3 Å². The Kier molecular flexibility index (Phi) is 5.28. The lowest BCUT2D eigenvalue weighted by Gasteiger charge is -2.38. The van der Waals surface area contributed by atoms with Gasteiger partial charge in [0.15, 0.2) is 9.84 Å². The quantitative estimate of drug-likeness (QED) is 0.846. The number of sulfone groups is 1. The van der Waals surface area contributed by atoms with Crippen LogP contribution < -0.4 is 0 Å². The van der Waals surface area contributed by atoms with Gasteiger partial charge in [-0.2, -0.15) is 0 Å². The molecule has 0 aliphatic heterocycles. The second kappa shape index (κ2) is 6.04. The molecule has 0 saturated heterocycles. The fraction of sp³-hybridized carbons (Fsp3) is 0.933. The number of hydrogen-bond acceptors (Lipinski definition) is 3. The molecule has 0 aromatic carbocycles. The van der Waals surface area contributed by atoms with Gasteiger partial charge in [-0.25, -0.2) is 8.42 Å². The highest BCUT2D eigenvalue weighted by Gasteiger charge is 2.44. The highest BCUT2D eigenvalue weighted by molar-refractivity contribution is 7.92. The van der Waals surface area contributed by atoms with Crippen LogP contribution in [0.15, 0.2) is 0 Å². The number of carbonyl (C=O) groups is 1. The Hall–Kier alpha value is -0.580. The number of rotatable bonds is 5. The van der Waals surface area contributed by atoms with E-state index >= 15 is 0 Å². The van der Waals surface area contributed by atoms with E-state index in [9.17, 15) is 18.3 Å². The summed E-state index contributed by atoms with van der Waals surface area (Å²) < 4.78 is 23.6. The average molecular weight is 304 g/mol. The minimum absolute atomic E-state index is 0.0285. The van der Waals surface area contributed by atoms with Crippen LogP contribution in [0.5, 0.6) is 0 Å². The zero-order valence-corrected chi connectivity index (χ0v) is 13.9. The molecule has 0 amide bonds. The normalized spacial score (nSPS) is 28.3. The summed E-state index contributed by atoms with van der Waals surface area (Å²) in [4.78, 5) is 11.7. The summed E-state index contributed by atoms with van der Waals surface area (Å²) in [6.07, 6.45) is 4.41. The summed E-state index contributed by atoms with van der Waals surface area (Å²) in [5.41, 5.74) is -0.836. The topological polar surface area (TPSA) is 71.4 Å². The van der Waals surface area contributed by atoms with Gasteiger partial charge >= 0.3 is 5.97 Å². The molecule has 1 rings (SSSR count). The molecular weight excluding hydrogens is 276 g/mol. The average Bonchev–Trinajstić information content (AvgIpc) is 2.35. The number of carboxylic acid groups (broad SMARTS) is 1. The second-order valence-corrected chi connectivity index (χ2v) is 10.00. The largest absolute Gasteiger partial charge is 0.481 e. The Morgan fingerprint density at radius 2 is 1.95 bits per heavy atom. The van der Waals surface area contributed by atoms with E-state index in [1.807, 2.05) is 0 Å². The van der Waals surface area contributed by atoms with Gasteiger partial charge in [-0.3, -0.25) is 4.79 Å². The van der Waals surface area contributed by atoms with Gasteiger partial charge in [0, 0.05) is 0 Å². The maximum atomic E-state index is 12.2. The molecule has 0 aromatic rings. The fourth-order valence-corrected chi connectivity index (χ4v) is 4.27. The van der Waals surface area contributed by atoms with Crippen molar-refractivity contribution in [2.24, 2.45) is 11.3 Å². The van der Waals surface area contributed by atoms with Gasteiger partial charge in [0.2, 0.25) is 0 Å². The Morgan fingerprint density at radius 1 is 1.35 bits per heavy atom. The molecule has 0 heterocycles. The monoisotopic (exact) mass is 304 g/mol. The van der Waals surface area contributed by atoms with Crippen molar-refractivity contribution in [3.8, 4) is 0 Å². The van der Waals surface area contributed by atoms with Crippen molar-refractivity contribution in [1.29, 1.82) is 0 Å². The lowest BCUT2D eigenvalue weighted by Crippen LogP contribution is -2.40. The molecule has 1 N–H and O–H groups in total. The van der Waals surface area contributed by atoms with Gasteiger partial charge in [-0.1, -0.05) is 26.2 Å². The van der Waals surface area contributed by atoms with E-state index in [4.69, 9.17) is 0 Å². The summed E-state index contributed by atoms with van der Waals surface area (Å²) >= 11 is 0. The molecule has 0 spiro atoms. The first-order chi connectivity index (χ1) is 9.04. The summed E-state index contributed by atoms with van der Waals surface area (Å²) in [7, 11) is -3.26. The van der Waals surface area contributed by atoms with E-state index in [-0.39, 0.29) is 12.2 Å². The Bertz CT molecular complexity index is 447. The van der Waals surface area contributed by atoms with Crippen LogP contribution in [0.25, 0.3) is 0 Å².